The molecule has 2 saturated heterocycles. The number of amides is 1. The van der Waals surface area contributed by atoms with Gasteiger partial charge < -0.3 is 65.1 Å². The van der Waals surface area contributed by atoms with Gasteiger partial charge >= 0.3 is 0 Å². The van der Waals surface area contributed by atoms with Gasteiger partial charge in [0.25, 0.3) is 0 Å². The fourth-order valence-corrected chi connectivity index (χ4v) is 11.9. The van der Waals surface area contributed by atoms with Crippen LogP contribution in [-0.4, -0.2) is 140 Å². The second kappa shape index (κ2) is 56.2. The van der Waals surface area contributed by atoms with Gasteiger partial charge in [-0.25, -0.2) is 0 Å². The van der Waals surface area contributed by atoms with Crippen molar-refractivity contribution in [3.63, 3.8) is 0 Å². The van der Waals surface area contributed by atoms with Crippen LogP contribution in [0.2, 0.25) is 0 Å². The minimum Gasteiger partial charge on any atom is -0.394 e. The maximum absolute atomic E-state index is 13.3. The number of unbranched alkanes of at least 4 members (excludes halogenated alkanes) is 42. The van der Waals surface area contributed by atoms with Crippen molar-refractivity contribution < 1.29 is 64.6 Å². The van der Waals surface area contributed by atoms with Crippen molar-refractivity contribution in [3.8, 4) is 0 Å². The molecule has 14 heteroatoms. The smallest absolute Gasteiger partial charge is 0.220 e. The molecule has 0 saturated carbocycles. The molecule has 0 aromatic rings. The molecule has 1 amide bonds. The van der Waals surface area contributed by atoms with Gasteiger partial charge in [0.1, 0.15) is 48.8 Å². The highest BCUT2D eigenvalue weighted by atomic mass is 16.7. The van der Waals surface area contributed by atoms with E-state index in [-0.39, 0.29) is 18.9 Å². The molecule has 0 spiro atoms. The Labute approximate surface area is 519 Å². The Bertz CT molecular complexity index is 1560. The monoisotopic (exact) mass is 1210 g/mol. The summed E-state index contributed by atoms with van der Waals surface area (Å²) in [5, 5.41) is 87.4. The molecule has 0 aromatic heterocycles. The lowest BCUT2D eigenvalue weighted by molar-refractivity contribution is -0.359. The number of rotatable bonds is 59. The standard InChI is InChI=1S/C71H133NO13/c1-3-5-7-9-11-13-15-17-19-21-23-25-27-28-29-30-31-33-34-36-38-40-42-44-46-48-50-52-54-60(75)59(58-82-70-68(81)66(79)69(62(57-74)84-70)85-71-67(80)65(78)64(77)61(56-73)83-71)72-63(76)55-53-51-49-47-45-43-41-39-37-35-32-26-24-22-20-18-16-14-12-10-8-6-4-2/h36,38,44,46,52,54,59-62,64-71,73-75,77-81H,3-35,37,39-43,45,47-51,53,55-58H2,1-2H3,(H,72,76)/b38-36+,46-44+,54-52+. The van der Waals surface area contributed by atoms with Gasteiger partial charge in [-0.3, -0.25) is 4.79 Å². The fraction of sp³-hybridized carbons (Fsp3) is 0.901. The van der Waals surface area contributed by atoms with Crippen LogP contribution < -0.4 is 5.32 Å². The van der Waals surface area contributed by atoms with E-state index in [0.29, 0.717) is 12.8 Å². The topological polar surface area (TPSA) is 228 Å². The summed E-state index contributed by atoms with van der Waals surface area (Å²) in [7, 11) is 0. The Hall–Kier alpha value is -1.79. The van der Waals surface area contributed by atoms with E-state index in [1.54, 1.807) is 6.08 Å². The lowest BCUT2D eigenvalue weighted by atomic mass is 9.97. The lowest BCUT2D eigenvalue weighted by Crippen LogP contribution is -2.65. The molecule has 2 heterocycles. The first-order chi connectivity index (χ1) is 41.6. The van der Waals surface area contributed by atoms with Crippen LogP contribution in [0.15, 0.2) is 36.5 Å². The average Bonchev–Trinajstić information content (AvgIpc) is 3.29. The first-order valence-corrected chi connectivity index (χ1v) is 35.7. The molecule has 2 aliphatic rings. The van der Waals surface area contributed by atoms with Gasteiger partial charge in [-0.1, -0.05) is 301 Å². The number of allylic oxidation sites excluding steroid dienone is 5. The van der Waals surface area contributed by atoms with Crippen molar-refractivity contribution in [2.45, 2.75) is 389 Å². The second-order valence-corrected chi connectivity index (χ2v) is 25.4. The van der Waals surface area contributed by atoms with E-state index in [9.17, 15) is 45.6 Å². The normalized spacial score (nSPS) is 23.7. The Balaban J connectivity index is 1.70. The Morgan fingerprint density at radius 2 is 0.753 bits per heavy atom. The van der Waals surface area contributed by atoms with Crippen molar-refractivity contribution in [1.82, 2.24) is 5.32 Å². The number of carbonyl (C=O) groups excluding carboxylic acids is 1. The Kier molecular flexibility index (Phi) is 52.4. The van der Waals surface area contributed by atoms with E-state index in [1.165, 1.54) is 238 Å². The Morgan fingerprint density at radius 3 is 1.15 bits per heavy atom. The quantitative estimate of drug-likeness (QED) is 0.0204. The molecule has 2 fully saturated rings. The molecule has 0 radical (unpaired) electrons. The summed E-state index contributed by atoms with van der Waals surface area (Å²) in [5.74, 6) is -0.247. The zero-order chi connectivity index (χ0) is 61.6. The zero-order valence-corrected chi connectivity index (χ0v) is 54.4. The SMILES string of the molecule is CCCCCCCCCCCCCCCCCCCC/C=C/CC/C=C/CC/C=C/C(O)C(COC1OC(CO)C(OC2OC(CO)C(O)C(O)C2O)C(O)C1O)NC(=O)CCCCCCCCCCCCCCCCCCCCCCCCC. The molecule has 2 rings (SSSR count). The summed E-state index contributed by atoms with van der Waals surface area (Å²) in [4.78, 5) is 13.3. The number of ether oxygens (including phenoxy) is 4. The fourth-order valence-electron chi connectivity index (χ4n) is 11.9. The van der Waals surface area contributed by atoms with Crippen LogP contribution in [0, 0.1) is 0 Å². The molecule has 9 N–H and O–H groups in total. The van der Waals surface area contributed by atoms with Crippen LogP contribution in [0.4, 0.5) is 0 Å². The van der Waals surface area contributed by atoms with Gasteiger partial charge in [0.05, 0.1) is 32.0 Å². The summed E-state index contributed by atoms with van der Waals surface area (Å²) in [6.07, 6.45) is 54.9. The number of hydrogen-bond donors (Lipinski definition) is 9. The molecule has 12 unspecified atom stereocenters. The van der Waals surface area contributed by atoms with Crippen molar-refractivity contribution in [3.05, 3.63) is 36.5 Å². The molecule has 2 aliphatic heterocycles. The average molecular weight is 1210 g/mol. The lowest BCUT2D eigenvalue weighted by Gasteiger charge is -2.46. The van der Waals surface area contributed by atoms with E-state index in [4.69, 9.17) is 18.9 Å². The summed E-state index contributed by atoms with van der Waals surface area (Å²) in [6.45, 7) is 2.83. The van der Waals surface area contributed by atoms with Crippen LogP contribution in [0.1, 0.15) is 316 Å². The van der Waals surface area contributed by atoms with Gasteiger partial charge in [0.15, 0.2) is 12.6 Å². The minimum absolute atomic E-state index is 0.247. The van der Waals surface area contributed by atoms with Crippen LogP contribution >= 0.6 is 0 Å². The molecule has 500 valence electrons. The highest BCUT2D eigenvalue weighted by Crippen LogP contribution is 2.30. The number of carbonyl (C=O) groups is 1. The third-order valence-corrected chi connectivity index (χ3v) is 17.6. The van der Waals surface area contributed by atoms with Crippen LogP contribution in [0.3, 0.4) is 0 Å². The molecule has 0 bridgehead atoms. The third-order valence-electron chi connectivity index (χ3n) is 17.6. The largest absolute Gasteiger partial charge is 0.394 e. The van der Waals surface area contributed by atoms with Crippen molar-refractivity contribution >= 4 is 5.91 Å². The molecular weight excluding hydrogens is 1070 g/mol. The molecular formula is C71H133NO13. The maximum atomic E-state index is 13.3. The number of aliphatic hydroxyl groups excluding tert-OH is 8. The molecule has 12 atom stereocenters. The van der Waals surface area contributed by atoms with E-state index in [1.807, 2.05) is 6.08 Å². The van der Waals surface area contributed by atoms with Crippen molar-refractivity contribution in [2.75, 3.05) is 19.8 Å². The van der Waals surface area contributed by atoms with Gasteiger partial charge in [-0.2, -0.15) is 0 Å². The van der Waals surface area contributed by atoms with Crippen LogP contribution in [0.5, 0.6) is 0 Å². The Morgan fingerprint density at radius 1 is 0.412 bits per heavy atom. The van der Waals surface area contributed by atoms with Gasteiger partial charge in [-0.15, -0.1) is 0 Å². The van der Waals surface area contributed by atoms with Gasteiger partial charge in [-0.05, 0) is 44.9 Å². The predicted octanol–water partition coefficient (Wildman–Crippen LogP) is 14.5. The van der Waals surface area contributed by atoms with E-state index in [0.717, 1.165) is 44.9 Å². The number of nitrogens with one attached hydrogen (secondary N) is 1. The summed E-state index contributed by atoms with van der Waals surface area (Å²) >= 11 is 0. The van der Waals surface area contributed by atoms with Crippen LogP contribution in [-0.2, 0) is 23.7 Å². The van der Waals surface area contributed by atoms with E-state index in [2.05, 4.69) is 43.5 Å². The summed E-state index contributed by atoms with van der Waals surface area (Å²) < 4.78 is 22.8. The molecule has 14 nitrogen and oxygen atoms in total. The van der Waals surface area contributed by atoms with Gasteiger partial charge in [0.2, 0.25) is 5.91 Å². The maximum Gasteiger partial charge on any atom is 0.220 e. The highest BCUT2D eigenvalue weighted by molar-refractivity contribution is 5.76. The van der Waals surface area contributed by atoms with Crippen molar-refractivity contribution in [2.24, 2.45) is 0 Å². The molecule has 0 aromatic carbocycles. The van der Waals surface area contributed by atoms with Gasteiger partial charge in [0, 0.05) is 6.42 Å². The van der Waals surface area contributed by atoms with Crippen LogP contribution in [0.25, 0.3) is 0 Å². The predicted molar refractivity (Wildman–Crippen MR) is 346 cm³/mol. The second-order valence-electron chi connectivity index (χ2n) is 25.4. The summed E-state index contributed by atoms with van der Waals surface area (Å²) in [5.41, 5.74) is 0. The molecule has 0 aliphatic carbocycles. The van der Waals surface area contributed by atoms with E-state index < -0.39 is 86.8 Å². The zero-order valence-electron chi connectivity index (χ0n) is 54.4. The first-order valence-electron chi connectivity index (χ1n) is 35.7. The van der Waals surface area contributed by atoms with Crippen molar-refractivity contribution in [1.29, 1.82) is 0 Å². The highest BCUT2D eigenvalue weighted by Gasteiger charge is 2.51. The first kappa shape index (κ1) is 79.3. The number of hydrogen-bond acceptors (Lipinski definition) is 13. The molecule has 85 heavy (non-hydrogen) atoms. The number of aliphatic hydroxyl groups is 8. The minimum atomic E-state index is -1.79. The third kappa shape index (κ3) is 40.5. The van der Waals surface area contributed by atoms with E-state index >= 15 is 0 Å². The summed E-state index contributed by atoms with van der Waals surface area (Å²) in [6, 6.07) is -0.937.